The van der Waals surface area contributed by atoms with Gasteiger partial charge in [0.05, 0.1) is 11.9 Å². The molecule has 1 N–H and O–H groups in total. The maximum Gasteiger partial charge on any atom is 0.244 e. The van der Waals surface area contributed by atoms with Gasteiger partial charge in [0.15, 0.2) is 0 Å². The van der Waals surface area contributed by atoms with Gasteiger partial charge in [0.2, 0.25) is 21.8 Å². The topological polar surface area (TPSA) is 86.8 Å². The molecule has 1 unspecified atom stereocenters. The van der Waals surface area contributed by atoms with E-state index in [1.54, 1.807) is 56.3 Å². The molecule has 0 spiro atoms. The van der Waals surface area contributed by atoms with Crippen LogP contribution in [0.2, 0.25) is 10.0 Å². The molecule has 0 saturated heterocycles. The Morgan fingerprint density at radius 3 is 2.20 bits per heavy atom. The van der Waals surface area contributed by atoms with E-state index in [9.17, 15) is 18.0 Å². The smallest absolute Gasteiger partial charge is 0.244 e. The van der Waals surface area contributed by atoms with Gasteiger partial charge in [0, 0.05) is 34.1 Å². The Morgan fingerprint density at radius 1 is 0.971 bits per heavy atom. The average Bonchev–Trinajstić information content (AvgIpc) is 2.81. The Kier molecular flexibility index (Phi) is 8.64. The summed E-state index contributed by atoms with van der Waals surface area (Å²) in [6.45, 7) is 3.16. The number of carbonyl (C=O) groups excluding carboxylic acids is 2. The second-order valence-electron chi connectivity index (χ2n) is 8.06. The first kappa shape index (κ1) is 26.8. The number of hydrogen-bond acceptors (Lipinski definition) is 4. The zero-order chi connectivity index (χ0) is 25.8. The lowest BCUT2D eigenvalue weighted by atomic mass is 10.1. The SMILES string of the molecule is CCNC(=O)C(C)N(Cc1c(Cl)cccc1Cl)C(=O)CN(c1cccc2ccccc12)S(C)(=O)=O. The lowest BCUT2D eigenvalue weighted by Crippen LogP contribution is -2.51. The monoisotopic (exact) mass is 535 g/mol. The third-order valence-electron chi connectivity index (χ3n) is 5.62. The van der Waals surface area contributed by atoms with Gasteiger partial charge in [-0.2, -0.15) is 0 Å². The van der Waals surface area contributed by atoms with E-state index < -0.39 is 28.5 Å². The molecule has 0 bridgehead atoms. The molecule has 3 aromatic rings. The molecule has 0 aliphatic carbocycles. The summed E-state index contributed by atoms with van der Waals surface area (Å²) in [5.41, 5.74) is 0.844. The second-order valence-corrected chi connectivity index (χ2v) is 10.8. The van der Waals surface area contributed by atoms with Crippen molar-refractivity contribution in [3.8, 4) is 0 Å². The number of likely N-dealkylation sites (N-methyl/N-ethyl adjacent to an activating group) is 1. The van der Waals surface area contributed by atoms with Crippen LogP contribution in [-0.2, 0) is 26.2 Å². The maximum atomic E-state index is 13.6. The predicted molar refractivity (Wildman–Crippen MR) is 141 cm³/mol. The van der Waals surface area contributed by atoms with Gasteiger partial charge in [-0.05, 0) is 37.4 Å². The van der Waals surface area contributed by atoms with Crippen LogP contribution in [0.5, 0.6) is 0 Å². The molecule has 0 aliphatic heterocycles. The van der Waals surface area contributed by atoms with Crippen molar-refractivity contribution in [2.75, 3.05) is 23.7 Å². The fourth-order valence-corrected chi connectivity index (χ4v) is 5.16. The quantitative estimate of drug-likeness (QED) is 0.438. The Hall–Kier alpha value is -2.81. The molecule has 0 saturated carbocycles. The van der Waals surface area contributed by atoms with Crippen molar-refractivity contribution in [1.82, 2.24) is 10.2 Å². The van der Waals surface area contributed by atoms with Crippen molar-refractivity contribution in [3.63, 3.8) is 0 Å². The molecule has 3 aromatic carbocycles. The van der Waals surface area contributed by atoms with E-state index in [2.05, 4.69) is 5.32 Å². The highest BCUT2D eigenvalue weighted by molar-refractivity contribution is 7.92. The molecule has 35 heavy (non-hydrogen) atoms. The second kappa shape index (κ2) is 11.3. The summed E-state index contributed by atoms with van der Waals surface area (Å²) in [6, 6.07) is 16.6. The van der Waals surface area contributed by atoms with E-state index in [1.165, 1.54) is 4.90 Å². The summed E-state index contributed by atoms with van der Waals surface area (Å²) in [7, 11) is -3.85. The van der Waals surface area contributed by atoms with Gasteiger partial charge < -0.3 is 10.2 Å². The molecule has 0 radical (unpaired) electrons. The highest BCUT2D eigenvalue weighted by Gasteiger charge is 2.31. The first-order valence-corrected chi connectivity index (χ1v) is 13.6. The molecule has 7 nitrogen and oxygen atoms in total. The van der Waals surface area contributed by atoms with E-state index in [0.29, 0.717) is 33.2 Å². The third-order valence-corrected chi connectivity index (χ3v) is 7.46. The Bertz CT molecular complexity index is 1320. The number of hydrogen-bond donors (Lipinski definition) is 1. The van der Waals surface area contributed by atoms with Crippen LogP contribution in [0.1, 0.15) is 19.4 Å². The van der Waals surface area contributed by atoms with Gasteiger partial charge in [-0.25, -0.2) is 8.42 Å². The third kappa shape index (κ3) is 6.25. The molecule has 10 heteroatoms. The molecule has 2 amide bonds. The number of amides is 2. The number of fused-ring (bicyclic) bond motifs is 1. The predicted octanol–water partition coefficient (Wildman–Crippen LogP) is 4.47. The molecule has 0 fully saturated rings. The summed E-state index contributed by atoms with van der Waals surface area (Å²) >= 11 is 12.7. The highest BCUT2D eigenvalue weighted by Crippen LogP contribution is 2.30. The van der Waals surface area contributed by atoms with Gasteiger partial charge in [-0.3, -0.25) is 13.9 Å². The minimum Gasteiger partial charge on any atom is -0.355 e. The fourth-order valence-electron chi connectivity index (χ4n) is 3.78. The van der Waals surface area contributed by atoms with Gasteiger partial charge in [0.1, 0.15) is 12.6 Å². The number of nitrogens with one attached hydrogen (secondary N) is 1. The van der Waals surface area contributed by atoms with E-state index >= 15 is 0 Å². The van der Waals surface area contributed by atoms with Crippen molar-refractivity contribution in [2.45, 2.75) is 26.4 Å². The van der Waals surface area contributed by atoms with Gasteiger partial charge in [0.25, 0.3) is 0 Å². The number of halogens is 2. The van der Waals surface area contributed by atoms with Crippen LogP contribution in [0, 0.1) is 0 Å². The summed E-state index contributed by atoms with van der Waals surface area (Å²) < 4.78 is 26.7. The minimum atomic E-state index is -3.85. The van der Waals surface area contributed by atoms with Crippen LogP contribution in [0.15, 0.2) is 60.7 Å². The van der Waals surface area contributed by atoms with Crippen molar-refractivity contribution < 1.29 is 18.0 Å². The number of anilines is 1. The fraction of sp³-hybridized carbons (Fsp3) is 0.280. The molecule has 186 valence electrons. The summed E-state index contributed by atoms with van der Waals surface area (Å²) in [6.07, 6.45) is 1.05. The molecule has 3 rings (SSSR count). The maximum absolute atomic E-state index is 13.6. The van der Waals surface area contributed by atoms with Crippen LogP contribution in [-0.4, -0.2) is 50.5 Å². The van der Waals surface area contributed by atoms with Crippen molar-refractivity contribution in [2.24, 2.45) is 0 Å². The molecule has 1 atom stereocenters. The van der Waals surface area contributed by atoms with Crippen molar-refractivity contribution in [3.05, 3.63) is 76.3 Å². The summed E-state index contributed by atoms with van der Waals surface area (Å²) in [5, 5.41) is 4.91. The van der Waals surface area contributed by atoms with Crippen LogP contribution in [0.4, 0.5) is 5.69 Å². The summed E-state index contributed by atoms with van der Waals surface area (Å²) in [4.78, 5) is 27.6. The van der Waals surface area contributed by atoms with Crippen LogP contribution in [0.3, 0.4) is 0 Å². The molecular formula is C25H27Cl2N3O4S. The average molecular weight is 536 g/mol. The largest absolute Gasteiger partial charge is 0.355 e. The Labute approximate surface area is 215 Å². The number of nitrogens with zero attached hydrogens (tertiary/aromatic N) is 2. The molecule has 0 heterocycles. The van der Waals surface area contributed by atoms with Crippen molar-refractivity contribution in [1.29, 1.82) is 0 Å². The van der Waals surface area contributed by atoms with Gasteiger partial charge >= 0.3 is 0 Å². The first-order chi connectivity index (χ1) is 16.5. The number of benzene rings is 3. The first-order valence-electron chi connectivity index (χ1n) is 11.0. The zero-order valence-electron chi connectivity index (χ0n) is 19.7. The standard InChI is InChI=1S/C25H27Cl2N3O4S/c1-4-28-25(32)17(2)29(15-20-21(26)12-8-13-22(20)27)24(31)16-30(35(3,33)34)23-14-7-10-18-9-5-6-11-19(18)23/h5-14,17H,4,15-16H2,1-3H3,(H,28,32). The normalized spacial score (nSPS) is 12.3. The lowest BCUT2D eigenvalue weighted by molar-refractivity contribution is -0.139. The summed E-state index contributed by atoms with van der Waals surface area (Å²) in [5.74, 6) is -0.946. The van der Waals surface area contributed by atoms with Crippen molar-refractivity contribution >= 4 is 61.5 Å². The zero-order valence-corrected chi connectivity index (χ0v) is 22.0. The van der Waals surface area contributed by atoms with E-state index in [-0.39, 0.29) is 12.5 Å². The number of sulfonamides is 1. The van der Waals surface area contributed by atoms with Gasteiger partial charge in [-0.15, -0.1) is 0 Å². The van der Waals surface area contributed by atoms with Crippen LogP contribution in [0.25, 0.3) is 10.8 Å². The number of rotatable bonds is 9. The highest BCUT2D eigenvalue weighted by atomic mass is 35.5. The Balaban J connectivity index is 2.03. The Morgan fingerprint density at radius 2 is 1.57 bits per heavy atom. The van der Waals surface area contributed by atoms with E-state index in [0.717, 1.165) is 15.9 Å². The molecule has 0 aromatic heterocycles. The van der Waals surface area contributed by atoms with E-state index in [4.69, 9.17) is 23.2 Å². The van der Waals surface area contributed by atoms with Gasteiger partial charge in [-0.1, -0.05) is 65.7 Å². The van der Waals surface area contributed by atoms with E-state index in [1.807, 2.05) is 18.2 Å². The number of carbonyl (C=O) groups is 2. The lowest BCUT2D eigenvalue weighted by Gasteiger charge is -2.32. The van der Waals surface area contributed by atoms with Crippen LogP contribution < -0.4 is 9.62 Å². The van der Waals surface area contributed by atoms with Crippen LogP contribution >= 0.6 is 23.2 Å². The molecule has 0 aliphatic rings. The molecular weight excluding hydrogens is 509 g/mol. The minimum absolute atomic E-state index is 0.0667.